The van der Waals surface area contributed by atoms with Crippen molar-refractivity contribution in [2.45, 2.75) is 23.9 Å². The summed E-state index contributed by atoms with van der Waals surface area (Å²) in [5.74, 6) is -0.486. The van der Waals surface area contributed by atoms with Crippen LogP contribution in [0.3, 0.4) is 0 Å². The Morgan fingerprint density at radius 2 is 2.20 bits per heavy atom. The minimum Gasteiger partial charge on any atom is -0.341 e. The van der Waals surface area contributed by atoms with Gasteiger partial charge in [-0.1, -0.05) is 29.4 Å². The SMILES string of the molecule is C=CCn1c(SC(C)C(=O)NC(=O)NC)nc2ccc(Cl)cc2c1=O. The summed E-state index contributed by atoms with van der Waals surface area (Å²) in [5.41, 5.74) is 0.213. The monoisotopic (exact) mass is 380 g/mol. The van der Waals surface area contributed by atoms with Crippen LogP contribution in [0.4, 0.5) is 4.79 Å². The Balaban J connectivity index is 2.42. The lowest BCUT2D eigenvalue weighted by Crippen LogP contribution is -2.41. The minimum atomic E-state index is -0.634. The molecule has 7 nitrogen and oxygen atoms in total. The molecule has 1 atom stereocenters. The molecule has 0 aliphatic carbocycles. The summed E-state index contributed by atoms with van der Waals surface area (Å²) in [5, 5.41) is 5.06. The molecule has 0 bridgehead atoms. The lowest BCUT2D eigenvalue weighted by Gasteiger charge is -2.15. The van der Waals surface area contributed by atoms with Gasteiger partial charge in [0.25, 0.3) is 5.56 Å². The quantitative estimate of drug-likeness (QED) is 0.471. The van der Waals surface area contributed by atoms with Gasteiger partial charge in [-0.05, 0) is 25.1 Å². The van der Waals surface area contributed by atoms with Crippen molar-refractivity contribution in [3.8, 4) is 0 Å². The number of rotatable bonds is 5. The number of hydrogen-bond donors (Lipinski definition) is 2. The van der Waals surface area contributed by atoms with Crippen molar-refractivity contribution >= 4 is 46.2 Å². The van der Waals surface area contributed by atoms with Gasteiger partial charge in [0.15, 0.2) is 5.16 Å². The number of carbonyl (C=O) groups excluding carboxylic acids is 2. The molecular formula is C16H17ClN4O3S. The Hall–Kier alpha value is -2.32. The molecule has 0 aliphatic heterocycles. The molecule has 0 radical (unpaired) electrons. The average molecular weight is 381 g/mol. The highest BCUT2D eigenvalue weighted by molar-refractivity contribution is 8.00. The van der Waals surface area contributed by atoms with Crippen molar-refractivity contribution in [3.63, 3.8) is 0 Å². The van der Waals surface area contributed by atoms with Crippen LogP contribution < -0.4 is 16.2 Å². The molecule has 2 rings (SSSR count). The van der Waals surface area contributed by atoms with Crippen LogP contribution in [-0.4, -0.2) is 33.8 Å². The second kappa shape index (κ2) is 8.17. The van der Waals surface area contributed by atoms with Gasteiger partial charge in [0, 0.05) is 18.6 Å². The van der Waals surface area contributed by atoms with E-state index in [1.165, 1.54) is 11.6 Å². The molecule has 1 heterocycles. The van der Waals surface area contributed by atoms with Crippen LogP contribution in [0.15, 0.2) is 40.8 Å². The first-order valence-electron chi connectivity index (χ1n) is 7.37. The number of amides is 3. The Kier molecular flexibility index (Phi) is 6.22. The number of aromatic nitrogens is 2. The number of imide groups is 1. The van der Waals surface area contributed by atoms with Crippen LogP contribution in [0.1, 0.15) is 6.92 Å². The third kappa shape index (κ3) is 4.40. The van der Waals surface area contributed by atoms with Gasteiger partial charge in [-0.2, -0.15) is 0 Å². The number of nitrogens with zero attached hydrogens (tertiary/aromatic N) is 2. The molecule has 1 unspecified atom stereocenters. The molecule has 0 saturated carbocycles. The van der Waals surface area contributed by atoms with E-state index in [2.05, 4.69) is 22.2 Å². The number of urea groups is 1. The number of hydrogen-bond acceptors (Lipinski definition) is 5. The zero-order chi connectivity index (χ0) is 18.6. The lowest BCUT2D eigenvalue weighted by molar-refractivity contribution is -0.119. The Morgan fingerprint density at radius 3 is 2.84 bits per heavy atom. The molecule has 0 fully saturated rings. The summed E-state index contributed by atoms with van der Waals surface area (Å²) in [7, 11) is 1.41. The predicted octanol–water partition coefficient (Wildman–Crippen LogP) is 2.17. The first kappa shape index (κ1) is 19.0. The summed E-state index contributed by atoms with van der Waals surface area (Å²) in [4.78, 5) is 40.5. The number of halogens is 1. The van der Waals surface area contributed by atoms with Gasteiger partial charge in [-0.15, -0.1) is 6.58 Å². The first-order chi connectivity index (χ1) is 11.9. The van der Waals surface area contributed by atoms with Crippen LogP contribution in [0.2, 0.25) is 5.02 Å². The van der Waals surface area contributed by atoms with E-state index in [9.17, 15) is 14.4 Å². The molecule has 0 spiro atoms. The molecule has 25 heavy (non-hydrogen) atoms. The van der Waals surface area contributed by atoms with Gasteiger partial charge in [-0.25, -0.2) is 9.78 Å². The number of allylic oxidation sites excluding steroid dienone is 1. The van der Waals surface area contributed by atoms with E-state index in [4.69, 9.17) is 11.6 Å². The molecule has 1 aromatic carbocycles. The van der Waals surface area contributed by atoms with Gasteiger partial charge in [0.2, 0.25) is 5.91 Å². The van der Waals surface area contributed by atoms with E-state index in [0.717, 1.165) is 11.8 Å². The van der Waals surface area contributed by atoms with Crippen LogP contribution in [0.5, 0.6) is 0 Å². The second-order valence-electron chi connectivity index (χ2n) is 5.09. The highest BCUT2D eigenvalue weighted by atomic mass is 35.5. The van der Waals surface area contributed by atoms with E-state index < -0.39 is 17.2 Å². The number of fused-ring (bicyclic) bond motifs is 1. The standard InChI is InChI=1S/C16H17ClN4O3S/c1-4-7-21-14(23)11-8-10(17)5-6-12(11)19-16(21)25-9(2)13(22)20-15(24)18-3/h4-6,8-9H,1,7H2,2-3H3,(H2,18,20,22,24). The molecule has 0 saturated heterocycles. The van der Waals surface area contributed by atoms with Crippen LogP contribution in [-0.2, 0) is 11.3 Å². The number of thioether (sulfide) groups is 1. The smallest absolute Gasteiger partial charge is 0.321 e. The largest absolute Gasteiger partial charge is 0.341 e. The fourth-order valence-corrected chi connectivity index (χ4v) is 3.13. The Bertz CT molecular complexity index is 897. The topological polar surface area (TPSA) is 93.1 Å². The van der Waals surface area contributed by atoms with Crippen LogP contribution in [0, 0.1) is 0 Å². The maximum atomic E-state index is 12.7. The minimum absolute atomic E-state index is 0.237. The fraction of sp³-hybridized carbons (Fsp3) is 0.250. The van der Waals surface area contributed by atoms with E-state index in [1.807, 2.05) is 0 Å². The summed E-state index contributed by atoms with van der Waals surface area (Å²) in [6.45, 7) is 5.51. The van der Waals surface area contributed by atoms with Crippen molar-refractivity contribution in [1.29, 1.82) is 0 Å². The maximum absolute atomic E-state index is 12.7. The van der Waals surface area contributed by atoms with E-state index in [0.29, 0.717) is 21.1 Å². The van der Waals surface area contributed by atoms with Crippen LogP contribution in [0.25, 0.3) is 10.9 Å². The lowest BCUT2D eigenvalue weighted by atomic mass is 10.2. The average Bonchev–Trinajstić information content (AvgIpc) is 2.58. The molecule has 132 valence electrons. The number of nitrogens with one attached hydrogen (secondary N) is 2. The predicted molar refractivity (Wildman–Crippen MR) is 99.1 cm³/mol. The molecule has 2 N–H and O–H groups in total. The van der Waals surface area contributed by atoms with Gasteiger partial charge in [0.05, 0.1) is 16.2 Å². The Morgan fingerprint density at radius 1 is 1.48 bits per heavy atom. The van der Waals surface area contributed by atoms with Gasteiger partial charge < -0.3 is 5.32 Å². The maximum Gasteiger partial charge on any atom is 0.321 e. The molecule has 0 aliphatic rings. The Labute approximate surface area is 153 Å². The molecule has 3 amide bonds. The fourth-order valence-electron chi connectivity index (χ4n) is 2.04. The normalized spacial score (nSPS) is 11.8. The third-order valence-electron chi connectivity index (χ3n) is 3.31. The highest BCUT2D eigenvalue weighted by Gasteiger charge is 2.20. The highest BCUT2D eigenvalue weighted by Crippen LogP contribution is 2.23. The summed E-state index contributed by atoms with van der Waals surface area (Å²) in [6, 6.07) is 4.25. The van der Waals surface area contributed by atoms with Gasteiger partial charge in [-0.3, -0.25) is 19.5 Å². The van der Waals surface area contributed by atoms with E-state index >= 15 is 0 Å². The zero-order valence-electron chi connectivity index (χ0n) is 13.7. The molecule has 1 aromatic heterocycles. The van der Waals surface area contributed by atoms with Gasteiger partial charge in [0.1, 0.15) is 0 Å². The van der Waals surface area contributed by atoms with Crippen molar-refractivity contribution in [3.05, 3.63) is 46.2 Å². The summed E-state index contributed by atoms with van der Waals surface area (Å²) >= 11 is 7.04. The summed E-state index contributed by atoms with van der Waals surface area (Å²) < 4.78 is 1.42. The molecule has 2 aromatic rings. The van der Waals surface area contributed by atoms with E-state index in [1.54, 1.807) is 31.2 Å². The van der Waals surface area contributed by atoms with Crippen molar-refractivity contribution in [2.75, 3.05) is 7.05 Å². The summed E-state index contributed by atoms with van der Waals surface area (Å²) in [6.07, 6.45) is 1.57. The molecule has 9 heteroatoms. The zero-order valence-corrected chi connectivity index (χ0v) is 15.3. The van der Waals surface area contributed by atoms with Crippen molar-refractivity contribution < 1.29 is 9.59 Å². The van der Waals surface area contributed by atoms with Crippen molar-refractivity contribution in [1.82, 2.24) is 20.2 Å². The van der Waals surface area contributed by atoms with E-state index in [-0.39, 0.29) is 12.1 Å². The van der Waals surface area contributed by atoms with Crippen molar-refractivity contribution in [2.24, 2.45) is 0 Å². The third-order valence-corrected chi connectivity index (χ3v) is 4.63. The first-order valence-corrected chi connectivity index (χ1v) is 8.63. The van der Waals surface area contributed by atoms with Crippen LogP contribution >= 0.6 is 23.4 Å². The second-order valence-corrected chi connectivity index (χ2v) is 6.83. The number of carbonyl (C=O) groups is 2. The number of benzene rings is 1. The van der Waals surface area contributed by atoms with Gasteiger partial charge >= 0.3 is 6.03 Å². The molecular weight excluding hydrogens is 364 g/mol.